The minimum absolute atomic E-state index is 0.427. The van der Waals surface area contributed by atoms with Crippen LogP contribution in [-0.2, 0) is 9.47 Å². The molecule has 0 N–H and O–H groups in total. The molecule has 2 unspecified atom stereocenters. The molecule has 0 amide bonds. The molecule has 61 heavy (non-hydrogen) atoms. The highest BCUT2D eigenvalue weighted by atomic mass is 33.1. The Morgan fingerprint density at radius 1 is 0.607 bits per heavy atom. The predicted octanol–water partition coefficient (Wildman–Crippen LogP) is 10.0. The largest absolute Gasteiger partial charge is 0.375 e. The number of benzene rings is 4. The SMILES string of the molecule is CN(CCCN(C)c1ccc(/C=C/C23OCCN2c2ccccc2S3)cc1)CCSSCC[N+](C)(C)CCCN(C)c1ccc(/C=C/C23OCCN2c2ccccc2S3)cc1. The van der Waals surface area contributed by atoms with E-state index in [2.05, 4.69) is 181 Å². The molecule has 0 spiro atoms. The minimum atomic E-state index is -0.427. The van der Waals surface area contributed by atoms with Crippen LogP contribution in [0.4, 0.5) is 22.7 Å². The molecule has 2 fully saturated rings. The Labute approximate surface area is 381 Å². The average Bonchev–Trinajstić information content (AvgIpc) is 4.02. The van der Waals surface area contributed by atoms with Crippen LogP contribution in [0.15, 0.2) is 119 Å². The number of thioether (sulfide) groups is 2. The molecule has 4 aromatic rings. The van der Waals surface area contributed by atoms with Gasteiger partial charge in [-0.3, -0.25) is 0 Å². The maximum atomic E-state index is 6.29. The summed E-state index contributed by atoms with van der Waals surface area (Å²) in [6.07, 6.45) is 11.2. The molecule has 8 nitrogen and oxygen atoms in total. The maximum absolute atomic E-state index is 6.29. The van der Waals surface area contributed by atoms with Crippen molar-refractivity contribution >= 4 is 80.0 Å². The number of ether oxygens (including phenoxy) is 2. The monoisotopic (exact) mass is 895 g/mol. The number of nitrogens with zero attached hydrogens (tertiary/aromatic N) is 6. The summed E-state index contributed by atoms with van der Waals surface area (Å²) in [7, 11) is 15.5. The number of hydrogen-bond donors (Lipinski definition) is 0. The fraction of sp³-hybridized carbons (Fsp3) is 0.429. The fourth-order valence-corrected chi connectivity index (χ4v) is 13.4. The lowest BCUT2D eigenvalue weighted by molar-refractivity contribution is -0.887. The van der Waals surface area contributed by atoms with E-state index in [1.54, 1.807) is 23.5 Å². The topological polar surface area (TPSA) is 34.7 Å². The summed E-state index contributed by atoms with van der Waals surface area (Å²) in [5, 5.41) is -0.854. The van der Waals surface area contributed by atoms with Gasteiger partial charge in [0.2, 0.25) is 10.1 Å². The van der Waals surface area contributed by atoms with Crippen molar-refractivity contribution in [2.24, 2.45) is 0 Å². The van der Waals surface area contributed by atoms with Crippen LogP contribution < -0.4 is 19.6 Å². The Morgan fingerprint density at radius 3 is 1.64 bits per heavy atom. The third-order valence-electron chi connectivity index (χ3n) is 12.2. The van der Waals surface area contributed by atoms with Gasteiger partial charge in [0.25, 0.3) is 0 Å². The van der Waals surface area contributed by atoms with Gasteiger partial charge in [0.05, 0.1) is 57.5 Å². The Morgan fingerprint density at radius 2 is 1.10 bits per heavy atom. The molecule has 0 bridgehead atoms. The number of rotatable bonds is 21. The predicted molar refractivity (Wildman–Crippen MR) is 268 cm³/mol. The Bertz CT molecular complexity index is 2120. The van der Waals surface area contributed by atoms with Crippen molar-refractivity contribution in [1.29, 1.82) is 0 Å². The van der Waals surface area contributed by atoms with Gasteiger partial charge >= 0.3 is 0 Å². The Balaban J connectivity index is 0.665. The molecule has 4 heterocycles. The molecule has 2 saturated heterocycles. The van der Waals surface area contributed by atoms with Crippen molar-refractivity contribution in [3.63, 3.8) is 0 Å². The molecule has 4 aliphatic heterocycles. The number of hydrogen-bond acceptors (Lipinski definition) is 11. The lowest BCUT2D eigenvalue weighted by atomic mass is 10.1. The van der Waals surface area contributed by atoms with Gasteiger partial charge in [0.1, 0.15) is 0 Å². The van der Waals surface area contributed by atoms with Crippen LogP contribution in [0.3, 0.4) is 0 Å². The van der Waals surface area contributed by atoms with E-state index in [4.69, 9.17) is 9.47 Å². The molecule has 4 aromatic carbocycles. The van der Waals surface area contributed by atoms with Crippen LogP contribution in [0.5, 0.6) is 0 Å². The van der Waals surface area contributed by atoms with Crippen molar-refractivity contribution in [2.75, 3.05) is 132 Å². The summed E-state index contributed by atoms with van der Waals surface area (Å²) in [6.45, 7) is 10.1. The van der Waals surface area contributed by atoms with Crippen LogP contribution in [0.25, 0.3) is 12.2 Å². The third-order valence-corrected chi connectivity index (χ3v) is 17.2. The maximum Gasteiger partial charge on any atom is 0.214 e. The zero-order valence-electron chi connectivity index (χ0n) is 36.6. The van der Waals surface area contributed by atoms with E-state index in [-0.39, 0.29) is 0 Å². The van der Waals surface area contributed by atoms with Gasteiger partial charge in [-0.15, -0.1) is 0 Å². The van der Waals surface area contributed by atoms with E-state index in [1.807, 2.05) is 21.6 Å². The quantitative estimate of drug-likeness (QED) is 0.0456. The molecule has 0 radical (unpaired) electrons. The second kappa shape index (κ2) is 20.1. The summed E-state index contributed by atoms with van der Waals surface area (Å²) >= 11 is 3.61. The number of fused-ring (bicyclic) bond motifs is 6. The smallest absolute Gasteiger partial charge is 0.214 e. The van der Waals surface area contributed by atoms with E-state index < -0.39 is 10.1 Å². The normalized spacial score (nSPS) is 20.6. The first-order chi connectivity index (χ1) is 29.6. The molecule has 4 aliphatic rings. The number of para-hydroxylation sites is 2. The summed E-state index contributed by atoms with van der Waals surface area (Å²) in [4.78, 5) is 14.6. The van der Waals surface area contributed by atoms with Gasteiger partial charge in [0.15, 0.2) is 0 Å². The molecule has 324 valence electrons. The molecule has 8 rings (SSSR count). The van der Waals surface area contributed by atoms with Crippen molar-refractivity contribution in [3.8, 4) is 0 Å². The molecular weight excluding hydrogens is 833 g/mol. The van der Waals surface area contributed by atoms with Gasteiger partial charge in [0, 0.05) is 80.2 Å². The van der Waals surface area contributed by atoms with Crippen LogP contribution >= 0.6 is 45.1 Å². The zero-order valence-corrected chi connectivity index (χ0v) is 39.8. The molecule has 0 aromatic heterocycles. The standard InChI is InChI=1S/C49H63N6O2S4/c1-50(28-10-29-51(2)42-20-16-40(17-21-42)24-26-48-53(31-36-56-48)44-12-6-8-14-46(44)60-48)33-38-58-59-39-35-55(4,5)34-11-30-52(3)43-22-18-41(19-23-43)25-27-49-54(32-37-57-49)45-13-7-9-15-47(45)61-49/h6-9,12-27H,10-11,28-39H2,1-5H3/q+1/b26-24+,27-25+. The van der Waals surface area contributed by atoms with E-state index in [9.17, 15) is 0 Å². The highest BCUT2D eigenvalue weighted by Crippen LogP contribution is 2.55. The van der Waals surface area contributed by atoms with Gasteiger partial charge in [-0.25, -0.2) is 0 Å². The van der Waals surface area contributed by atoms with Gasteiger partial charge in [-0.1, -0.05) is 106 Å². The summed E-state index contributed by atoms with van der Waals surface area (Å²) < 4.78 is 13.6. The highest BCUT2D eigenvalue weighted by Gasteiger charge is 2.48. The van der Waals surface area contributed by atoms with Crippen LogP contribution in [0.1, 0.15) is 24.0 Å². The third kappa shape index (κ3) is 10.8. The summed E-state index contributed by atoms with van der Waals surface area (Å²) in [5.74, 6) is 2.34. The lowest BCUT2D eigenvalue weighted by Crippen LogP contribution is -2.43. The van der Waals surface area contributed by atoms with Crippen molar-refractivity contribution in [1.82, 2.24) is 4.90 Å². The zero-order chi connectivity index (χ0) is 42.3. The van der Waals surface area contributed by atoms with Crippen molar-refractivity contribution in [2.45, 2.75) is 32.7 Å². The molecule has 0 aliphatic carbocycles. The summed E-state index contributed by atoms with van der Waals surface area (Å²) in [5.41, 5.74) is 7.48. The molecule has 12 heteroatoms. The van der Waals surface area contributed by atoms with Crippen molar-refractivity contribution in [3.05, 3.63) is 120 Å². The highest BCUT2D eigenvalue weighted by molar-refractivity contribution is 8.76. The lowest BCUT2D eigenvalue weighted by Gasteiger charge is -2.30. The van der Waals surface area contributed by atoms with Crippen LogP contribution in [-0.4, -0.2) is 132 Å². The van der Waals surface area contributed by atoms with Gasteiger partial charge in [-0.2, -0.15) is 0 Å². The molecule has 0 saturated carbocycles. The van der Waals surface area contributed by atoms with Crippen molar-refractivity contribution < 1.29 is 14.0 Å². The second-order valence-electron chi connectivity index (χ2n) is 17.1. The first-order valence-electron chi connectivity index (χ1n) is 21.8. The molecule has 2 atom stereocenters. The van der Waals surface area contributed by atoms with E-state index >= 15 is 0 Å². The number of anilines is 4. The number of quaternary nitrogens is 1. The van der Waals surface area contributed by atoms with Crippen LogP contribution in [0, 0.1) is 0 Å². The first-order valence-corrected chi connectivity index (χ1v) is 25.9. The fourth-order valence-electron chi connectivity index (χ4n) is 8.45. The minimum Gasteiger partial charge on any atom is -0.375 e. The van der Waals surface area contributed by atoms with Gasteiger partial charge < -0.3 is 38.5 Å². The Hall–Kier alpha value is -3.20. The van der Waals surface area contributed by atoms with E-state index in [0.717, 1.165) is 69.1 Å². The Kier molecular flexibility index (Phi) is 14.6. The van der Waals surface area contributed by atoms with Gasteiger partial charge in [-0.05, 0) is 91.8 Å². The van der Waals surface area contributed by atoms with E-state index in [1.165, 1.54) is 68.9 Å². The first kappa shape index (κ1) is 44.4. The van der Waals surface area contributed by atoms with Crippen LogP contribution in [0.2, 0.25) is 0 Å². The second-order valence-corrected chi connectivity index (χ2v) is 22.3. The summed E-state index contributed by atoms with van der Waals surface area (Å²) in [6, 6.07) is 35.1. The average molecular weight is 896 g/mol. The van der Waals surface area contributed by atoms with E-state index in [0.29, 0.717) is 0 Å². The molecular formula is C49H63N6O2S4+.